The number of ether oxygens (including phenoxy) is 1. The number of H-pyrrole nitrogens is 1. The summed E-state index contributed by atoms with van der Waals surface area (Å²) >= 11 is 5.89. The summed E-state index contributed by atoms with van der Waals surface area (Å²) in [5.41, 5.74) is 1.56. The minimum Gasteiger partial charge on any atom is -0.449 e. The van der Waals surface area contributed by atoms with Gasteiger partial charge in [-0.15, -0.1) is 0 Å². The topological polar surface area (TPSA) is 84.1 Å². The molecule has 1 atom stereocenters. The molecule has 1 aromatic carbocycles. The summed E-state index contributed by atoms with van der Waals surface area (Å²) in [5.74, 6) is -1.06. The number of para-hydroxylation sites is 1. The number of nitrogens with zero attached hydrogens (tertiary/aromatic N) is 1. The fourth-order valence-corrected chi connectivity index (χ4v) is 2.40. The van der Waals surface area contributed by atoms with Crippen molar-refractivity contribution in [3.63, 3.8) is 0 Å². The molecule has 0 fully saturated rings. The molecule has 0 aliphatic rings. The summed E-state index contributed by atoms with van der Waals surface area (Å²) in [7, 11) is 0. The van der Waals surface area contributed by atoms with Gasteiger partial charge in [0.05, 0.1) is 11.3 Å². The van der Waals surface area contributed by atoms with Crippen LogP contribution in [0.5, 0.6) is 0 Å². The van der Waals surface area contributed by atoms with Crippen LogP contribution in [0.4, 0.5) is 5.69 Å². The monoisotopic (exact) mass is 343 g/mol. The number of esters is 1. The second-order valence-corrected chi connectivity index (χ2v) is 5.48. The van der Waals surface area contributed by atoms with E-state index < -0.39 is 18.0 Å². The van der Waals surface area contributed by atoms with Crippen molar-refractivity contribution in [2.45, 2.75) is 13.0 Å². The van der Waals surface area contributed by atoms with Crippen molar-refractivity contribution in [3.8, 4) is 0 Å². The second-order valence-electron chi connectivity index (χ2n) is 5.13. The van der Waals surface area contributed by atoms with Crippen molar-refractivity contribution in [1.82, 2.24) is 9.97 Å². The first-order valence-electron chi connectivity index (χ1n) is 7.24. The molecule has 0 spiro atoms. The van der Waals surface area contributed by atoms with Gasteiger partial charge >= 0.3 is 5.97 Å². The zero-order valence-electron chi connectivity index (χ0n) is 12.7. The summed E-state index contributed by atoms with van der Waals surface area (Å²) < 4.78 is 5.24. The molecule has 0 bridgehead atoms. The highest BCUT2D eigenvalue weighted by Crippen LogP contribution is 2.20. The van der Waals surface area contributed by atoms with Crippen LogP contribution in [0.2, 0.25) is 5.15 Å². The number of hydrogen-bond donors (Lipinski definition) is 2. The van der Waals surface area contributed by atoms with Gasteiger partial charge in [-0.1, -0.05) is 29.8 Å². The van der Waals surface area contributed by atoms with Crippen LogP contribution in [0.3, 0.4) is 0 Å². The molecule has 2 heterocycles. The molecule has 3 aromatic rings. The van der Waals surface area contributed by atoms with E-state index in [2.05, 4.69) is 15.3 Å². The second kappa shape index (κ2) is 6.72. The lowest BCUT2D eigenvalue weighted by atomic mass is 10.2. The number of aromatic nitrogens is 2. The van der Waals surface area contributed by atoms with Crippen LogP contribution in [0, 0.1) is 0 Å². The molecule has 24 heavy (non-hydrogen) atoms. The standard InChI is InChI=1S/C17H14ClN3O3/c1-10(16(22)21-14-7-4-8-19-15(14)18)24-17(23)12-9-20-13-6-3-2-5-11(12)13/h2-10,20H,1H3,(H,21,22)/t10-/m1/s1. The van der Waals surface area contributed by atoms with E-state index in [1.54, 1.807) is 18.3 Å². The fourth-order valence-electron chi connectivity index (χ4n) is 2.23. The number of nitrogens with one attached hydrogen (secondary N) is 2. The Bertz CT molecular complexity index is 907. The van der Waals surface area contributed by atoms with Gasteiger partial charge in [-0.2, -0.15) is 0 Å². The summed E-state index contributed by atoms with van der Waals surface area (Å²) in [6.45, 7) is 1.49. The van der Waals surface area contributed by atoms with Gasteiger partial charge in [-0.25, -0.2) is 9.78 Å². The number of aromatic amines is 1. The summed E-state index contributed by atoms with van der Waals surface area (Å²) in [5, 5.41) is 3.49. The Morgan fingerprint density at radius 2 is 2.04 bits per heavy atom. The van der Waals surface area contributed by atoms with E-state index in [1.165, 1.54) is 13.1 Å². The van der Waals surface area contributed by atoms with Gasteiger partial charge in [0.25, 0.3) is 5.91 Å². The minimum absolute atomic E-state index is 0.168. The molecule has 3 rings (SSSR count). The van der Waals surface area contributed by atoms with Crippen molar-refractivity contribution >= 4 is 40.1 Å². The van der Waals surface area contributed by atoms with E-state index >= 15 is 0 Å². The van der Waals surface area contributed by atoms with Crippen LogP contribution in [0.15, 0.2) is 48.8 Å². The van der Waals surface area contributed by atoms with Gasteiger partial charge in [-0.05, 0) is 25.1 Å². The van der Waals surface area contributed by atoms with E-state index in [9.17, 15) is 9.59 Å². The van der Waals surface area contributed by atoms with Crippen LogP contribution in [-0.4, -0.2) is 27.9 Å². The Balaban J connectivity index is 1.70. The van der Waals surface area contributed by atoms with Gasteiger partial charge in [0.1, 0.15) is 0 Å². The van der Waals surface area contributed by atoms with Gasteiger partial charge in [0, 0.05) is 23.3 Å². The van der Waals surface area contributed by atoms with E-state index in [4.69, 9.17) is 16.3 Å². The Morgan fingerprint density at radius 3 is 2.83 bits per heavy atom. The number of pyridine rings is 1. The van der Waals surface area contributed by atoms with E-state index in [-0.39, 0.29) is 5.15 Å². The molecule has 0 aliphatic carbocycles. The molecule has 0 saturated heterocycles. The van der Waals surface area contributed by atoms with Crippen LogP contribution in [0.1, 0.15) is 17.3 Å². The van der Waals surface area contributed by atoms with Crippen LogP contribution in [0.25, 0.3) is 10.9 Å². The van der Waals surface area contributed by atoms with Gasteiger partial charge in [-0.3, -0.25) is 4.79 Å². The minimum atomic E-state index is -0.984. The van der Waals surface area contributed by atoms with E-state index in [0.29, 0.717) is 11.3 Å². The maximum Gasteiger partial charge on any atom is 0.341 e. The number of anilines is 1. The predicted octanol–water partition coefficient (Wildman–Crippen LogP) is 3.40. The zero-order chi connectivity index (χ0) is 17.1. The van der Waals surface area contributed by atoms with Crippen molar-refractivity contribution in [3.05, 3.63) is 59.5 Å². The molecule has 0 unspecified atom stereocenters. The predicted molar refractivity (Wildman–Crippen MR) is 91.1 cm³/mol. The molecule has 2 aromatic heterocycles. The number of hydrogen-bond acceptors (Lipinski definition) is 4. The largest absolute Gasteiger partial charge is 0.449 e. The molecule has 122 valence electrons. The van der Waals surface area contributed by atoms with Crippen molar-refractivity contribution in [2.75, 3.05) is 5.32 Å². The third kappa shape index (κ3) is 3.23. The lowest BCUT2D eigenvalue weighted by molar-refractivity contribution is -0.123. The molecule has 1 amide bonds. The SMILES string of the molecule is C[C@@H](OC(=O)c1c[nH]c2ccccc12)C(=O)Nc1cccnc1Cl. The number of fused-ring (bicyclic) bond motifs is 1. The van der Waals surface area contributed by atoms with Crippen molar-refractivity contribution in [2.24, 2.45) is 0 Å². The van der Waals surface area contributed by atoms with Crippen LogP contribution >= 0.6 is 11.6 Å². The molecule has 7 heteroatoms. The third-order valence-electron chi connectivity index (χ3n) is 3.48. The van der Waals surface area contributed by atoms with Gasteiger partial charge in [0.2, 0.25) is 0 Å². The summed E-state index contributed by atoms with van der Waals surface area (Å²) in [6.07, 6.45) is 2.09. The third-order valence-corrected chi connectivity index (χ3v) is 3.78. The number of benzene rings is 1. The van der Waals surface area contributed by atoms with Crippen molar-refractivity contribution < 1.29 is 14.3 Å². The number of carbonyl (C=O) groups is 2. The maximum atomic E-state index is 12.3. The summed E-state index contributed by atoms with van der Waals surface area (Å²) in [4.78, 5) is 31.3. The maximum absolute atomic E-state index is 12.3. The zero-order valence-corrected chi connectivity index (χ0v) is 13.5. The smallest absolute Gasteiger partial charge is 0.341 e. The molecular formula is C17H14ClN3O3. The first-order chi connectivity index (χ1) is 11.6. The average Bonchev–Trinajstić information content (AvgIpc) is 3.01. The first-order valence-corrected chi connectivity index (χ1v) is 7.62. The van der Waals surface area contributed by atoms with Gasteiger partial charge < -0.3 is 15.0 Å². The number of carbonyl (C=O) groups excluding carboxylic acids is 2. The molecule has 2 N–H and O–H groups in total. The van der Waals surface area contributed by atoms with Crippen molar-refractivity contribution in [1.29, 1.82) is 0 Å². The normalized spacial score (nSPS) is 11.9. The van der Waals surface area contributed by atoms with Crippen LogP contribution in [-0.2, 0) is 9.53 Å². The van der Waals surface area contributed by atoms with E-state index in [0.717, 1.165) is 10.9 Å². The Kier molecular flexibility index (Phi) is 4.48. The lowest BCUT2D eigenvalue weighted by Gasteiger charge is -2.13. The summed E-state index contributed by atoms with van der Waals surface area (Å²) in [6, 6.07) is 10.6. The highest BCUT2D eigenvalue weighted by atomic mass is 35.5. The number of halogens is 1. The molecular weight excluding hydrogens is 330 g/mol. The van der Waals surface area contributed by atoms with Crippen LogP contribution < -0.4 is 5.32 Å². The Morgan fingerprint density at radius 1 is 1.25 bits per heavy atom. The van der Waals surface area contributed by atoms with E-state index in [1.807, 2.05) is 24.3 Å². The molecule has 0 aliphatic heterocycles. The Hall–Kier alpha value is -2.86. The Labute approximate surface area is 142 Å². The van der Waals surface area contributed by atoms with Gasteiger partial charge in [0.15, 0.2) is 11.3 Å². The number of amides is 1. The fraction of sp³-hybridized carbons (Fsp3) is 0.118. The first kappa shape index (κ1) is 16.0. The highest BCUT2D eigenvalue weighted by Gasteiger charge is 2.21. The highest BCUT2D eigenvalue weighted by molar-refractivity contribution is 6.32. The average molecular weight is 344 g/mol. The number of rotatable bonds is 4. The quantitative estimate of drug-likeness (QED) is 0.561. The lowest BCUT2D eigenvalue weighted by Crippen LogP contribution is -2.30. The molecule has 0 saturated carbocycles. The molecule has 0 radical (unpaired) electrons. The molecule has 6 nitrogen and oxygen atoms in total.